The van der Waals surface area contributed by atoms with Crippen LogP contribution in [-0.2, 0) is 6.18 Å². The number of alkyl halides is 3. The summed E-state index contributed by atoms with van der Waals surface area (Å²) in [6.45, 7) is 3.87. The summed E-state index contributed by atoms with van der Waals surface area (Å²) in [5.74, 6) is -0.710. The largest absolute Gasteiger partial charge is 0.507 e. The molecule has 2 amide bonds. The van der Waals surface area contributed by atoms with Gasteiger partial charge < -0.3 is 15.7 Å². The second-order valence-corrected chi connectivity index (χ2v) is 8.66. The molecule has 3 aromatic rings. The van der Waals surface area contributed by atoms with Gasteiger partial charge in [-0.25, -0.2) is 4.79 Å². The minimum absolute atomic E-state index is 0.0182. The molecule has 35 heavy (non-hydrogen) atoms. The zero-order valence-electron chi connectivity index (χ0n) is 19.2. The Morgan fingerprint density at radius 2 is 1.91 bits per heavy atom. The maximum absolute atomic E-state index is 12.9. The molecule has 1 aromatic heterocycles. The lowest BCUT2D eigenvalue weighted by Gasteiger charge is -2.12. The average Bonchev–Trinajstić information content (AvgIpc) is 3.57. The fourth-order valence-electron chi connectivity index (χ4n) is 3.60. The molecule has 10 heteroatoms. The van der Waals surface area contributed by atoms with E-state index >= 15 is 0 Å². The van der Waals surface area contributed by atoms with Crippen LogP contribution in [0.1, 0.15) is 60.6 Å². The molecule has 0 saturated heterocycles. The highest BCUT2D eigenvalue weighted by Crippen LogP contribution is 2.42. The van der Waals surface area contributed by atoms with Crippen molar-refractivity contribution in [3.8, 4) is 17.0 Å². The van der Waals surface area contributed by atoms with Crippen molar-refractivity contribution in [1.29, 1.82) is 0 Å². The van der Waals surface area contributed by atoms with Crippen molar-refractivity contribution in [1.82, 2.24) is 15.1 Å². The summed E-state index contributed by atoms with van der Waals surface area (Å²) in [4.78, 5) is 25.2. The van der Waals surface area contributed by atoms with E-state index in [4.69, 9.17) is 0 Å². The Bertz CT molecular complexity index is 1270. The summed E-state index contributed by atoms with van der Waals surface area (Å²) in [6, 6.07) is 9.82. The molecule has 1 aliphatic rings. The third-order valence-electron chi connectivity index (χ3n) is 5.89. The Hall–Kier alpha value is -3.82. The van der Waals surface area contributed by atoms with Gasteiger partial charge in [-0.05, 0) is 62.6 Å². The van der Waals surface area contributed by atoms with E-state index in [1.807, 2.05) is 13.8 Å². The van der Waals surface area contributed by atoms with Crippen molar-refractivity contribution in [3.05, 3.63) is 65.4 Å². The number of amides is 2. The number of hydrogen-bond donors (Lipinski definition) is 3. The second kappa shape index (κ2) is 9.44. The monoisotopic (exact) mass is 486 g/mol. The highest BCUT2D eigenvalue weighted by molar-refractivity contribution is 6.04. The summed E-state index contributed by atoms with van der Waals surface area (Å²) in [7, 11) is 0. The number of benzene rings is 2. The van der Waals surface area contributed by atoms with Crippen LogP contribution in [0.2, 0.25) is 0 Å². The Kier molecular flexibility index (Phi) is 6.56. The normalized spacial score (nSPS) is 14.4. The van der Waals surface area contributed by atoms with Gasteiger partial charge in [0.15, 0.2) is 0 Å². The van der Waals surface area contributed by atoms with Crippen LogP contribution in [0.15, 0.2) is 48.5 Å². The van der Waals surface area contributed by atoms with E-state index in [2.05, 4.69) is 15.7 Å². The number of nitrogens with one attached hydrogen (secondary N) is 2. The molecular formula is C25H25F3N4O3. The predicted octanol–water partition coefficient (Wildman–Crippen LogP) is 5.76. The first-order valence-electron chi connectivity index (χ1n) is 11.3. The molecular weight excluding hydrogens is 461 g/mol. The molecule has 1 atom stereocenters. The highest BCUT2D eigenvalue weighted by Gasteiger charge is 2.32. The van der Waals surface area contributed by atoms with E-state index in [1.165, 1.54) is 28.9 Å². The molecule has 0 spiro atoms. The van der Waals surface area contributed by atoms with E-state index in [-0.39, 0.29) is 35.0 Å². The summed E-state index contributed by atoms with van der Waals surface area (Å²) in [6.07, 6.45) is -1.89. The number of nitrogens with zero attached hydrogens (tertiary/aromatic N) is 2. The predicted molar refractivity (Wildman–Crippen MR) is 124 cm³/mol. The molecule has 4 rings (SSSR count). The Morgan fingerprint density at radius 3 is 2.54 bits per heavy atom. The number of phenolic OH excluding ortho intramolecular Hbond substituents is 1. The number of rotatable bonds is 6. The van der Waals surface area contributed by atoms with Crippen molar-refractivity contribution in [3.63, 3.8) is 0 Å². The number of phenols is 1. The molecule has 1 unspecified atom stereocenters. The molecule has 184 valence electrons. The van der Waals surface area contributed by atoms with E-state index in [0.29, 0.717) is 11.3 Å². The van der Waals surface area contributed by atoms with E-state index in [1.54, 1.807) is 6.07 Å². The molecule has 1 fully saturated rings. The molecule has 1 heterocycles. The van der Waals surface area contributed by atoms with Crippen LogP contribution in [-0.4, -0.2) is 32.9 Å². The van der Waals surface area contributed by atoms with Crippen LogP contribution < -0.4 is 10.6 Å². The fraction of sp³-hybridized carbons (Fsp3) is 0.320. The first kappa shape index (κ1) is 24.3. The van der Waals surface area contributed by atoms with E-state index in [0.717, 1.165) is 43.2 Å². The first-order valence-corrected chi connectivity index (χ1v) is 11.3. The standard InChI is InChI=1S/C25H25F3N4O3/c1-3-14(2)29-24(35)32-21(15-7-8-15)13-20(31-32)19-10-9-18(12-22(19)33)30-23(34)16-5-4-6-17(11-16)25(26,27)28/h4-6,9-15,33H,3,7-8H2,1-2H3,(H,29,35)(H,30,34). The molecule has 0 bridgehead atoms. The van der Waals surface area contributed by atoms with E-state index in [9.17, 15) is 27.9 Å². The average molecular weight is 486 g/mol. The van der Waals surface area contributed by atoms with Gasteiger partial charge in [0.05, 0.1) is 17.0 Å². The highest BCUT2D eigenvalue weighted by atomic mass is 19.4. The van der Waals surface area contributed by atoms with Crippen molar-refractivity contribution >= 4 is 17.6 Å². The van der Waals surface area contributed by atoms with Crippen LogP contribution in [0, 0.1) is 0 Å². The van der Waals surface area contributed by atoms with Crippen LogP contribution in [0.5, 0.6) is 5.75 Å². The maximum atomic E-state index is 12.9. The Morgan fingerprint density at radius 1 is 1.17 bits per heavy atom. The lowest BCUT2D eigenvalue weighted by atomic mass is 10.1. The van der Waals surface area contributed by atoms with Gasteiger partial charge in [-0.1, -0.05) is 13.0 Å². The van der Waals surface area contributed by atoms with Crippen molar-refractivity contribution in [2.24, 2.45) is 0 Å². The topological polar surface area (TPSA) is 96.3 Å². The molecule has 0 radical (unpaired) electrons. The van der Waals surface area contributed by atoms with E-state index < -0.39 is 17.6 Å². The van der Waals surface area contributed by atoms with Crippen LogP contribution in [0.4, 0.5) is 23.7 Å². The van der Waals surface area contributed by atoms with Gasteiger partial charge in [0.2, 0.25) is 0 Å². The van der Waals surface area contributed by atoms with Crippen LogP contribution >= 0.6 is 0 Å². The lowest BCUT2D eigenvalue weighted by molar-refractivity contribution is -0.137. The van der Waals surface area contributed by atoms with Gasteiger partial charge >= 0.3 is 12.2 Å². The minimum atomic E-state index is -4.57. The van der Waals surface area contributed by atoms with Gasteiger partial charge in [0.1, 0.15) is 5.75 Å². The second-order valence-electron chi connectivity index (χ2n) is 8.66. The van der Waals surface area contributed by atoms with Gasteiger partial charge in [-0.15, -0.1) is 0 Å². The molecule has 3 N–H and O–H groups in total. The molecule has 0 aliphatic heterocycles. The number of anilines is 1. The van der Waals surface area contributed by atoms with Crippen molar-refractivity contribution in [2.45, 2.75) is 51.2 Å². The quantitative estimate of drug-likeness (QED) is 0.413. The molecule has 7 nitrogen and oxygen atoms in total. The smallest absolute Gasteiger partial charge is 0.416 e. The number of carbonyl (C=O) groups excluding carboxylic acids is 2. The zero-order valence-corrected chi connectivity index (χ0v) is 19.2. The lowest BCUT2D eigenvalue weighted by Crippen LogP contribution is -2.36. The number of aromatic hydroxyl groups is 1. The Balaban J connectivity index is 1.55. The van der Waals surface area contributed by atoms with Crippen LogP contribution in [0.3, 0.4) is 0 Å². The van der Waals surface area contributed by atoms with Gasteiger partial charge in [0.25, 0.3) is 5.91 Å². The summed E-state index contributed by atoms with van der Waals surface area (Å²) < 4.78 is 40.1. The molecule has 2 aromatic carbocycles. The Labute approximate surface area is 200 Å². The third kappa shape index (κ3) is 5.47. The zero-order chi connectivity index (χ0) is 25.3. The first-order chi connectivity index (χ1) is 16.6. The number of halogens is 3. The fourth-order valence-corrected chi connectivity index (χ4v) is 3.60. The summed E-state index contributed by atoms with van der Waals surface area (Å²) >= 11 is 0. The molecule has 1 aliphatic carbocycles. The maximum Gasteiger partial charge on any atom is 0.416 e. The van der Waals surface area contributed by atoms with Gasteiger partial charge in [-0.2, -0.15) is 23.0 Å². The third-order valence-corrected chi connectivity index (χ3v) is 5.89. The van der Waals surface area contributed by atoms with Crippen molar-refractivity contribution in [2.75, 3.05) is 5.32 Å². The van der Waals surface area contributed by atoms with Gasteiger partial charge in [0, 0.05) is 34.8 Å². The van der Waals surface area contributed by atoms with Crippen molar-refractivity contribution < 1.29 is 27.9 Å². The molecule has 1 saturated carbocycles. The SMILES string of the molecule is CCC(C)NC(=O)n1nc(-c2ccc(NC(=O)c3cccc(C(F)(F)F)c3)cc2O)cc1C1CC1. The van der Waals surface area contributed by atoms with Crippen LogP contribution in [0.25, 0.3) is 11.3 Å². The summed E-state index contributed by atoms with van der Waals surface area (Å²) in [5, 5.41) is 20.4. The number of aromatic nitrogens is 2. The minimum Gasteiger partial charge on any atom is -0.507 e. The number of carbonyl (C=O) groups is 2. The number of hydrogen-bond acceptors (Lipinski definition) is 4. The summed E-state index contributed by atoms with van der Waals surface area (Å²) in [5.41, 5.74) is 0.636. The van der Waals surface area contributed by atoms with Gasteiger partial charge in [-0.3, -0.25) is 4.79 Å².